The van der Waals surface area contributed by atoms with Gasteiger partial charge in [-0.3, -0.25) is 4.79 Å². The SMILES string of the molecule is NS(=O)(=O)CCCC(=O)c1ccccc1. The summed E-state index contributed by atoms with van der Waals surface area (Å²) in [7, 11) is -3.45. The number of carbonyl (C=O) groups is 1. The largest absolute Gasteiger partial charge is 0.294 e. The zero-order chi connectivity index (χ0) is 11.3. The summed E-state index contributed by atoms with van der Waals surface area (Å²) in [6.45, 7) is 0. The Morgan fingerprint density at radius 3 is 2.33 bits per heavy atom. The number of hydrogen-bond donors (Lipinski definition) is 1. The van der Waals surface area contributed by atoms with Crippen LogP contribution in [0.15, 0.2) is 30.3 Å². The maximum Gasteiger partial charge on any atom is 0.209 e. The van der Waals surface area contributed by atoms with Crippen molar-refractivity contribution < 1.29 is 13.2 Å². The average molecular weight is 227 g/mol. The highest BCUT2D eigenvalue weighted by molar-refractivity contribution is 7.89. The Morgan fingerprint density at radius 1 is 1.20 bits per heavy atom. The van der Waals surface area contributed by atoms with E-state index < -0.39 is 10.0 Å². The van der Waals surface area contributed by atoms with Crippen molar-refractivity contribution in [2.24, 2.45) is 5.14 Å². The highest BCUT2D eigenvalue weighted by atomic mass is 32.2. The van der Waals surface area contributed by atoms with Gasteiger partial charge in [0.1, 0.15) is 0 Å². The smallest absolute Gasteiger partial charge is 0.209 e. The summed E-state index contributed by atoms with van der Waals surface area (Å²) < 4.78 is 21.2. The van der Waals surface area contributed by atoms with E-state index in [9.17, 15) is 13.2 Å². The van der Waals surface area contributed by atoms with E-state index in [-0.39, 0.29) is 24.4 Å². The van der Waals surface area contributed by atoms with Gasteiger partial charge in [-0.25, -0.2) is 13.6 Å². The van der Waals surface area contributed by atoms with Crippen LogP contribution in [0.2, 0.25) is 0 Å². The molecule has 1 aromatic rings. The van der Waals surface area contributed by atoms with Crippen LogP contribution in [-0.2, 0) is 10.0 Å². The number of ketones is 1. The van der Waals surface area contributed by atoms with Crippen molar-refractivity contribution >= 4 is 15.8 Å². The second kappa shape index (κ2) is 5.04. The molecule has 0 saturated carbocycles. The fraction of sp³-hybridized carbons (Fsp3) is 0.300. The van der Waals surface area contributed by atoms with E-state index in [1.165, 1.54) is 0 Å². The van der Waals surface area contributed by atoms with E-state index in [1.807, 2.05) is 6.07 Å². The summed E-state index contributed by atoms with van der Waals surface area (Å²) >= 11 is 0. The molecule has 5 heteroatoms. The lowest BCUT2D eigenvalue weighted by Crippen LogP contribution is -2.17. The van der Waals surface area contributed by atoms with E-state index in [0.717, 1.165) is 0 Å². The molecule has 1 aromatic carbocycles. The summed E-state index contributed by atoms with van der Waals surface area (Å²) in [4.78, 5) is 11.5. The maximum absolute atomic E-state index is 11.5. The van der Waals surface area contributed by atoms with Crippen LogP contribution in [0.3, 0.4) is 0 Å². The van der Waals surface area contributed by atoms with Gasteiger partial charge in [0.2, 0.25) is 10.0 Å². The standard InChI is InChI=1S/C10H13NO3S/c11-15(13,14)8-4-7-10(12)9-5-2-1-3-6-9/h1-3,5-6H,4,7-8H2,(H2,11,13,14). The Bertz CT molecular complexity index is 425. The highest BCUT2D eigenvalue weighted by Crippen LogP contribution is 2.05. The zero-order valence-electron chi connectivity index (χ0n) is 8.22. The van der Waals surface area contributed by atoms with Crippen LogP contribution in [0.4, 0.5) is 0 Å². The second-order valence-corrected chi connectivity index (χ2v) is 4.99. The molecule has 2 N–H and O–H groups in total. The molecule has 0 bridgehead atoms. The van der Waals surface area contributed by atoms with E-state index in [0.29, 0.717) is 5.56 Å². The van der Waals surface area contributed by atoms with Crippen LogP contribution in [0.5, 0.6) is 0 Å². The lowest BCUT2D eigenvalue weighted by Gasteiger charge is -1.99. The van der Waals surface area contributed by atoms with Gasteiger partial charge in [0.15, 0.2) is 5.78 Å². The summed E-state index contributed by atoms with van der Waals surface area (Å²) in [6, 6.07) is 8.78. The fourth-order valence-corrected chi connectivity index (χ4v) is 1.75. The van der Waals surface area contributed by atoms with Crippen molar-refractivity contribution in [2.45, 2.75) is 12.8 Å². The highest BCUT2D eigenvalue weighted by Gasteiger charge is 2.07. The number of nitrogens with two attached hydrogens (primary N) is 1. The van der Waals surface area contributed by atoms with Crippen LogP contribution in [0, 0.1) is 0 Å². The molecule has 0 atom stereocenters. The lowest BCUT2D eigenvalue weighted by atomic mass is 10.1. The Hall–Kier alpha value is -1.20. The molecule has 0 aliphatic carbocycles. The van der Waals surface area contributed by atoms with Gasteiger partial charge in [0.05, 0.1) is 5.75 Å². The topological polar surface area (TPSA) is 77.2 Å². The van der Waals surface area contributed by atoms with Gasteiger partial charge in [-0.05, 0) is 6.42 Å². The summed E-state index contributed by atoms with van der Waals surface area (Å²) in [5.41, 5.74) is 0.604. The van der Waals surface area contributed by atoms with Gasteiger partial charge in [0, 0.05) is 12.0 Å². The predicted molar refractivity (Wildman–Crippen MR) is 58.0 cm³/mol. The molecular formula is C10H13NO3S. The maximum atomic E-state index is 11.5. The van der Waals surface area contributed by atoms with Crippen LogP contribution in [0.1, 0.15) is 23.2 Å². The van der Waals surface area contributed by atoms with Gasteiger partial charge in [-0.15, -0.1) is 0 Å². The first-order chi connectivity index (χ1) is 6.99. The minimum atomic E-state index is -3.45. The molecule has 0 heterocycles. The van der Waals surface area contributed by atoms with E-state index in [4.69, 9.17) is 5.14 Å². The number of hydrogen-bond acceptors (Lipinski definition) is 3. The van der Waals surface area contributed by atoms with Crippen LogP contribution in [-0.4, -0.2) is 20.0 Å². The van der Waals surface area contributed by atoms with E-state index in [2.05, 4.69) is 0 Å². The van der Waals surface area contributed by atoms with Gasteiger partial charge >= 0.3 is 0 Å². The third-order valence-corrected chi connectivity index (χ3v) is 2.79. The first-order valence-electron chi connectivity index (χ1n) is 4.58. The van der Waals surface area contributed by atoms with Crippen molar-refractivity contribution in [1.29, 1.82) is 0 Å². The van der Waals surface area contributed by atoms with Crippen LogP contribution >= 0.6 is 0 Å². The fourth-order valence-electron chi connectivity index (χ4n) is 1.20. The molecular weight excluding hydrogens is 214 g/mol. The zero-order valence-corrected chi connectivity index (χ0v) is 9.03. The number of rotatable bonds is 5. The summed E-state index contributed by atoms with van der Waals surface area (Å²) in [6.07, 6.45) is 0.479. The monoisotopic (exact) mass is 227 g/mol. The predicted octanol–water partition coefficient (Wildman–Crippen LogP) is 0.938. The molecule has 0 spiro atoms. The molecule has 4 nitrogen and oxygen atoms in total. The molecule has 1 rings (SSSR count). The van der Waals surface area contributed by atoms with Crippen molar-refractivity contribution in [1.82, 2.24) is 0 Å². The third kappa shape index (κ3) is 4.71. The average Bonchev–Trinajstić information content (AvgIpc) is 2.17. The number of benzene rings is 1. The van der Waals surface area contributed by atoms with Crippen LogP contribution < -0.4 is 5.14 Å². The molecule has 0 radical (unpaired) electrons. The van der Waals surface area contributed by atoms with E-state index >= 15 is 0 Å². The number of sulfonamides is 1. The van der Waals surface area contributed by atoms with Crippen molar-refractivity contribution in [2.75, 3.05) is 5.75 Å². The Morgan fingerprint density at radius 2 is 1.80 bits per heavy atom. The normalized spacial score (nSPS) is 11.3. The van der Waals surface area contributed by atoms with Crippen molar-refractivity contribution in [3.05, 3.63) is 35.9 Å². The molecule has 0 amide bonds. The van der Waals surface area contributed by atoms with Gasteiger partial charge in [0.25, 0.3) is 0 Å². The molecule has 0 fully saturated rings. The first-order valence-corrected chi connectivity index (χ1v) is 6.29. The molecule has 15 heavy (non-hydrogen) atoms. The van der Waals surface area contributed by atoms with Gasteiger partial charge in [-0.1, -0.05) is 30.3 Å². The Labute approximate surface area is 89.2 Å². The van der Waals surface area contributed by atoms with Crippen molar-refractivity contribution in [3.8, 4) is 0 Å². The molecule has 0 aliphatic rings. The molecule has 0 aromatic heterocycles. The number of Topliss-reactive ketones (excluding diaryl/α,β-unsaturated/α-hetero) is 1. The summed E-state index contributed by atoms with van der Waals surface area (Å²) in [5, 5.41) is 4.82. The van der Waals surface area contributed by atoms with Crippen molar-refractivity contribution in [3.63, 3.8) is 0 Å². The van der Waals surface area contributed by atoms with Gasteiger partial charge in [-0.2, -0.15) is 0 Å². The van der Waals surface area contributed by atoms with Crippen LogP contribution in [0.25, 0.3) is 0 Å². The van der Waals surface area contributed by atoms with E-state index in [1.54, 1.807) is 24.3 Å². The molecule has 0 saturated heterocycles. The molecule has 82 valence electrons. The number of carbonyl (C=O) groups excluding carboxylic acids is 1. The lowest BCUT2D eigenvalue weighted by molar-refractivity contribution is 0.0982. The third-order valence-electron chi connectivity index (χ3n) is 1.93. The van der Waals surface area contributed by atoms with Gasteiger partial charge < -0.3 is 0 Å². The Kier molecular flexibility index (Phi) is 3.99. The summed E-state index contributed by atoms with van der Waals surface area (Å²) in [5.74, 6) is -0.203. The minimum absolute atomic E-state index is 0.0562. The molecule has 0 unspecified atom stereocenters. The minimum Gasteiger partial charge on any atom is -0.294 e. The quantitative estimate of drug-likeness (QED) is 0.760. The second-order valence-electron chi connectivity index (χ2n) is 3.26. The first kappa shape index (κ1) is 11.9. The molecule has 0 aliphatic heterocycles. The Balaban J connectivity index is 2.45. The number of primary sulfonamides is 1.